The standard InChI is InChI=1S/C30H34O7/c1-3-4-19-35-28(31)18-11-23-9-14-26(15-10-23)36-30(33)24-12-16-25(17-13-24)34-20-7-5-6-8-27-21-22(2)29(32)37-27/h9-18,27H,2-8,19-21H2,1H3/b18-11+. The quantitative estimate of drug-likeness (QED) is 0.133. The summed E-state index contributed by atoms with van der Waals surface area (Å²) in [7, 11) is 0. The molecule has 1 atom stereocenters. The van der Waals surface area contributed by atoms with Crippen molar-refractivity contribution >= 4 is 24.0 Å². The van der Waals surface area contributed by atoms with Gasteiger partial charge in [-0.2, -0.15) is 0 Å². The molecule has 0 radical (unpaired) electrons. The van der Waals surface area contributed by atoms with Gasteiger partial charge in [0.2, 0.25) is 0 Å². The summed E-state index contributed by atoms with van der Waals surface area (Å²) < 4.78 is 21.5. The maximum absolute atomic E-state index is 12.5. The molecule has 1 saturated heterocycles. The molecule has 0 N–H and O–H groups in total. The Labute approximate surface area is 218 Å². The van der Waals surface area contributed by atoms with Gasteiger partial charge in [-0.3, -0.25) is 0 Å². The zero-order valence-electron chi connectivity index (χ0n) is 21.3. The van der Waals surface area contributed by atoms with E-state index < -0.39 is 5.97 Å². The minimum atomic E-state index is -0.468. The third-order valence-electron chi connectivity index (χ3n) is 5.81. The van der Waals surface area contributed by atoms with Crippen LogP contribution in [0.1, 0.15) is 67.8 Å². The van der Waals surface area contributed by atoms with Crippen LogP contribution in [0.3, 0.4) is 0 Å². The summed E-state index contributed by atoms with van der Waals surface area (Å²) >= 11 is 0. The number of cyclic esters (lactones) is 1. The average molecular weight is 507 g/mol. The molecular formula is C30H34O7. The molecule has 37 heavy (non-hydrogen) atoms. The van der Waals surface area contributed by atoms with E-state index in [0.717, 1.165) is 44.1 Å². The van der Waals surface area contributed by atoms with Crippen LogP contribution in [0.25, 0.3) is 6.08 Å². The smallest absolute Gasteiger partial charge is 0.343 e. The van der Waals surface area contributed by atoms with Gasteiger partial charge in [-0.05, 0) is 80.1 Å². The molecule has 1 aliphatic heterocycles. The lowest BCUT2D eigenvalue weighted by Crippen LogP contribution is -2.08. The fraction of sp³-hybridized carbons (Fsp3) is 0.367. The maximum Gasteiger partial charge on any atom is 0.343 e. The van der Waals surface area contributed by atoms with E-state index in [4.69, 9.17) is 18.9 Å². The van der Waals surface area contributed by atoms with Gasteiger partial charge in [0, 0.05) is 18.1 Å². The summed E-state index contributed by atoms with van der Waals surface area (Å²) in [6, 6.07) is 13.7. The molecule has 7 heteroatoms. The molecule has 1 heterocycles. The van der Waals surface area contributed by atoms with Gasteiger partial charge in [-0.1, -0.05) is 32.1 Å². The number of esters is 3. The van der Waals surface area contributed by atoms with Crippen LogP contribution in [-0.2, 0) is 19.1 Å². The highest BCUT2D eigenvalue weighted by molar-refractivity contribution is 5.91. The Morgan fingerprint density at radius 1 is 0.973 bits per heavy atom. The molecule has 0 aromatic heterocycles. The highest BCUT2D eigenvalue weighted by atomic mass is 16.6. The largest absolute Gasteiger partial charge is 0.494 e. The Balaban J connectivity index is 1.34. The highest BCUT2D eigenvalue weighted by Gasteiger charge is 2.26. The summed E-state index contributed by atoms with van der Waals surface area (Å²) in [4.78, 5) is 35.4. The molecule has 0 amide bonds. The molecule has 3 rings (SSSR count). The van der Waals surface area contributed by atoms with Gasteiger partial charge in [-0.25, -0.2) is 14.4 Å². The molecule has 0 spiro atoms. The Kier molecular flexibility index (Phi) is 11.0. The van der Waals surface area contributed by atoms with Crippen molar-refractivity contribution in [1.29, 1.82) is 0 Å². The van der Waals surface area contributed by atoms with E-state index in [-0.39, 0.29) is 18.0 Å². The van der Waals surface area contributed by atoms with Gasteiger partial charge in [0.05, 0.1) is 18.8 Å². The first kappa shape index (κ1) is 27.7. The predicted octanol–water partition coefficient (Wildman–Crippen LogP) is 6.07. The monoisotopic (exact) mass is 506 g/mol. The molecule has 0 aliphatic carbocycles. The first-order valence-corrected chi connectivity index (χ1v) is 12.7. The molecule has 0 saturated carbocycles. The number of carbonyl (C=O) groups is 3. The van der Waals surface area contributed by atoms with Crippen LogP contribution < -0.4 is 9.47 Å². The van der Waals surface area contributed by atoms with Crippen molar-refractivity contribution in [3.63, 3.8) is 0 Å². The minimum Gasteiger partial charge on any atom is -0.494 e. The van der Waals surface area contributed by atoms with Crippen LogP contribution in [0.5, 0.6) is 11.5 Å². The van der Waals surface area contributed by atoms with Crippen molar-refractivity contribution in [3.8, 4) is 11.5 Å². The van der Waals surface area contributed by atoms with Crippen molar-refractivity contribution in [2.45, 2.75) is 58.0 Å². The van der Waals surface area contributed by atoms with Crippen LogP contribution in [-0.4, -0.2) is 37.2 Å². The number of benzene rings is 2. The van der Waals surface area contributed by atoms with E-state index in [1.165, 1.54) is 6.08 Å². The number of unbranched alkanes of at least 4 members (excludes halogenated alkanes) is 3. The average Bonchev–Trinajstić information content (AvgIpc) is 3.22. The van der Waals surface area contributed by atoms with Gasteiger partial charge in [0.1, 0.15) is 17.6 Å². The molecule has 2 aromatic rings. The number of rotatable bonds is 14. The van der Waals surface area contributed by atoms with E-state index in [1.54, 1.807) is 54.6 Å². The van der Waals surface area contributed by atoms with Gasteiger partial charge in [0.15, 0.2) is 0 Å². The first-order valence-electron chi connectivity index (χ1n) is 12.7. The van der Waals surface area contributed by atoms with Crippen molar-refractivity contribution in [2.24, 2.45) is 0 Å². The van der Waals surface area contributed by atoms with Crippen LogP contribution in [0.4, 0.5) is 0 Å². The number of hydrogen-bond acceptors (Lipinski definition) is 7. The van der Waals surface area contributed by atoms with Crippen molar-refractivity contribution in [3.05, 3.63) is 77.9 Å². The topological polar surface area (TPSA) is 88.1 Å². The summed E-state index contributed by atoms with van der Waals surface area (Å²) in [5.74, 6) is -0.0304. The van der Waals surface area contributed by atoms with Gasteiger partial charge >= 0.3 is 17.9 Å². The van der Waals surface area contributed by atoms with Gasteiger partial charge < -0.3 is 18.9 Å². The van der Waals surface area contributed by atoms with E-state index in [0.29, 0.717) is 42.3 Å². The molecular weight excluding hydrogens is 472 g/mol. The zero-order valence-corrected chi connectivity index (χ0v) is 21.3. The molecule has 196 valence electrons. The Bertz CT molecular complexity index is 1070. The molecule has 1 aliphatic rings. The number of carbonyl (C=O) groups excluding carboxylic acids is 3. The third-order valence-corrected chi connectivity index (χ3v) is 5.81. The van der Waals surface area contributed by atoms with Crippen LogP contribution in [0, 0.1) is 0 Å². The second-order valence-electron chi connectivity index (χ2n) is 8.87. The number of hydrogen-bond donors (Lipinski definition) is 0. The molecule has 7 nitrogen and oxygen atoms in total. The van der Waals surface area contributed by atoms with Crippen molar-refractivity contribution < 1.29 is 33.3 Å². The Morgan fingerprint density at radius 2 is 1.70 bits per heavy atom. The fourth-order valence-corrected chi connectivity index (χ4v) is 3.67. The lowest BCUT2D eigenvalue weighted by Gasteiger charge is -2.09. The SMILES string of the molecule is C=C1CC(CCCCCOc2ccc(C(=O)Oc3ccc(/C=C/C(=O)OCCCC)cc3)cc2)OC1=O. The summed E-state index contributed by atoms with van der Waals surface area (Å²) in [5.41, 5.74) is 1.77. The Hall–Kier alpha value is -3.87. The van der Waals surface area contributed by atoms with E-state index in [2.05, 4.69) is 6.58 Å². The predicted molar refractivity (Wildman–Crippen MR) is 140 cm³/mol. The van der Waals surface area contributed by atoms with Gasteiger partial charge in [-0.15, -0.1) is 0 Å². The molecule has 1 fully saturated rings. The third kappa shape index (κ3) is 9.60. The normalized spacial score (nSPS) is 15.0. The summed E-state index contributed by atoms with van der Waals surface area (Å²) in [6.07, 6.45) is 9.11. The second-order valence-corrected chi connectivity index (χ2v) is 8.87. The fourth-order valence-electron chi connectivity index (χ4n) is 3.67. The number of ether oxygens (including phenoxy) is 4. The maximum atomic E-state index is 12.5. The highest BCUT2D eigenvalue weighted by Crippen LogP contribution is 2.23. The van der Waals surface area contributed by atoms with E-state index in [9.17, 15) is 14.4 Å². The second kappa shape index (κ2) is 14.6. The first-order chi connectivity index (χ1) is 17.9. The van der Waals surface area contributed by atoms with E-state index >= 15 is 0 Å². The lowest BCUT2D eigenvalue weighted by molar-refractivity contribution is -0.139. The van der Waals surface area contributed by atoms with Gasteiger partial charge in [0.25, 0.3) is 0 Å². The van der Waals surface area contributed by atoms with Crippen LogP contribution in [0.15, 0.2) is 66.8 Å². The van der Waals surface area contributed by atoms with Crippen molar-refractivity contribution in [2.75, 3.05) is 13.2 Å². The zero-order chi connectivity index (χ0) is 26.5. The molecule has 1 unspecified atom stereocenters. The Morgan fingerprint density at radius 3 is 2.38 bits per heavy atom. The lowest BCUT2D eigenvalue weighted by atomic mass is 10.1. The summed E-state index contributed by atoms with van der Waals surface area (Å²) in [6.45, 7) is 6.72. The minimum absolute atomic E-state index is 0.0335. The van der Waals surface area contributed by atoms with Crippen molar-refractivity contribution in [1.82, 2.24) is 0 Å². The summed E-state index contributed by atoms with van der Waals surface area (Å²) in [5, 5.41) is 0. The van der Waals surface area contributed by atoms with Crippen LogP contribution in [0.2, 0.25) is 0 Å². The van der Waals surface area contributed by atoms with Crippen LogP contribution >= 0.6 is 0 Å². The molecule has 0 bridgehead atoms. The molecule has 2 aromatic carbocycles. The van der Waals surface area contributed by atoms with E-state index in [1.807, 2.05) is 6.92 Å².